The van der Waals surface area contributed by atoms with Crippen molar-refractivity contribution in [2.75, 3.05) is 0 Å². The van der Waals surface area contributed by atoms with E-state index >= 15 is 0 Å². The van der Waals surface area contributed by atoms with E-state index < -0.39 is 0 Å². The number of hydrogen-bond donors (Lipinski definition) is 0. The average Bonchev–Trinajstić information content (AvgIpc) is 3.29. The van der Waals surface area contributed by atoms with Crippen molar-refractivity contribution >= 4 is 27.5 Å². The van der Waals surface area contributed by atoms with Crippen LogP contribution in [0.1, 0.15) is 38.1 Å². The van der Waals surface area contributed by atoms with Crippen LogP contribution < -0.4 is 24.8 Å². The van der Waals surface area contributed by atoms with E-state index in [2.05, 4.69) is 103 Å². The summed E-state index contributed by atoms with van der Waals surface area (Å²) in [5, 5.41) is 2.72. The molecule has 1 aliphatic rings. The molecule has 0 aliphatic heterocycles. The second-order valence-corrected chi connectivity index (χ2v) is 18.7. The standard InChI is InChI=1S/C15H13S.C9H13.C2H6Si.2ClH.Zr/c1-10-8-12-4-3-5-13(14(12)9-10)15-7-6-11(2)16-15;1-6-5-7(2)9(4)8(6)3;1-3-2;;;/h3-9H,1-2H3;6H,1-4H3;1-2H3;2*1H;/q2*-1;;;;+2/p-2. The topological polar surface area (TPSA) is 0 Å². The van der Waals surface area contributed by atoms with Gasteiger partial charge in [-0.2, -0.15) is 17.2 Å². The van der Waals surface area contributed by atoms with Crippen molar-refractivity contribution in [1.29, 1.82) is 0 Å². The van der Waals surface area contributed by atoms with Gasteiger partial charge >= 0.3 is 41.9 Å². The Morgan fingerprint density at radius 2 is 1.61 bits per heavy atom. The van der Waals surface area contributed by atoms with Crippen molar-refractivity contribution in [1.82, 2.24) is 0 Å². The number of halogens is 2. The first-order valence-electron chi connectivity index (χ1n) is 10.1. The Hall–Kier alpha value is -0.310. The summed E-state index contributed by atoms with van der Waals surface area (Å²) in [7, 11) is 0. The molecule has 4 rings (SSSR count). The van der Waals surface area contributed by atoms with E-state index in [9.17, 15) is 0 Å². The van der Waals surface area contributed by atoms with Gasteiger partial charge in [-0.25, -0.2) is 5.57 Å². The molecule has 0 nitrogen and oxygen atoms in total. The van der Waals surface area contributed by atoms with Crippen molar-refractivity contribution in [2.24, 2.45) is 5.92 Å². The molecule has 0 bridgehead atoms. The first-order chi connectivity index (χ1) is 13.6. The van der Waals surface area contributed by atoms with Gasteiger partial charge in [0.2, 0.25) is 0 Å². The zero-order valence-corrected chi connectivity index (χ0v) is 25.6. The van der Waals surface area contributed by atoms with Gasteiger partial charge in [0.15, 0.2) is 0 Å². The maximum Gasteiger partial charge on any atom is 0.0250 e. The predicted octanol–water partition coefficient (Wildman–Crippen LogP) is 2.42. The number of hydrogen-bond acceptors (Lipinski definition) is 1. The number of thiophene rings is 1. The van der Waals surface area contributed by atoms with Gasteiger partial charge in [-0.05, 0) is 19.1 Å². The molecule has 1 heterocycles. The summed E-state index contributed by atoms with van der Waals surface area (Å²) in [6.07, 6.45) is 3.36. The number of fused-ring (bicyclic) bond motifs is 1. The van der Waals surface area contributed by atoms with Crippen LogP contribution in [-0.4, -0.2) is 5.43 Å². The third-order valence-corrected chi connectivity index (χ3v) is 6.17. The summed E-state index contributed by atoms with van der Waals surface area (Å²) in [4.78, 5) is 2.74. The molecule has 1 atom stereocenters. The largest absolute Gasteiger partial charge is 1.00 e. The summed E-state index contributed by atoms with van der Waals surface area (Å²) in [5.74, 6) is 0.560. The molecule has 1 aliphatic carbocycles. The molecule has 2 aromatic carbocycles. The van der Waals surface area contributed by atoms with E-state index in [4.69, 9.17) is 0 Å². The monoisotopic (exact) mass is 564 g/mol. The van der Waals surface area contributed by atoms with E-state index in [0.717, 1.165) is 0 Å². The van der Waals surface area contributed by atoms with Crippen LogP contribution in [0, 0.1) is 25.8 Å². The number of rotatable bonds is 1. The third kappa shape index (κ3) is 8.86. The van der Waals surface area contributed by atoms with Gasteiger partial charge in [-0.3, -0.25) is 6.08 Å². The fourth-order valence-electron chi connectivity index (χ4n) is 3.34. The van der Waals surface area contributed by atoms with E-state index in [1.165, 1.54) is 48.4 Å². The molecule has 1 aromatic heterocycles. The van der Waals surface area contributed by atoms with Crippen molar-refractivity contribution in [3.63, 3.8) is 0 Å². The van der Waals surface area contributed by atoms with Gasteiger partial charge in [-0.1, -0.05) is 45.2 Å². The van der Waals surface area contributed by atoms with E-state index in [1.54, 1.807) is 23.3 Å². The molecular formula is C26H32Cl2SSiZr-2. The van der Waals surface area contributed by atoms with Gasteiger partial charge < -0.3 is 24.8 Å². The summed E-state index contributed by atoms with van der Waals surface area (Å²) in [5.41, 5.74) is 7.16. The fourth-order valence-corrected chi connectivity index (χ4v) is 4.25. The van der Waals surface area contributed by atoms with E-state index in [-0.39, 0.29) is 30.2 Å². The third-order valence-electron chi connectivity index (χ3n) is 5.14. The SMILES string of the molecule is CC1=[C-]C(C)C(C)=C1C.C[Si](C)=[Zr+2].Cc1cc2c(-c3ccc(C)s3)cccc2[cH-]1.[Cl-].[Cl-]. The van der Waals surface area contributed by atoms with Crippen LogP contribution in [0.25, 0.3) is 21.2 Å². The van der Waals surface area contributed by atoms with Crippen molar-refractivity contribution in [2.45, 2.75) is 54.6 Å². The van der Waals surface area contributed by atoms with Gasteiger partial charge in [0, 0.05) is 9.75 Å². The quantitative estimate of drug-likeness (QED) is 0.314. The van der Waals surface area contributed by atoms with Crippen molar-refractivity contribution < 1.29 is 48.1 Å². The molecule has 0 saturated carbocycles. The van der Waals surface area contributed by atoms with Gasteiger partial charge in [0.1, 0.15) is 0 Å². The predicted molar refractivity (Wildman–Crippen MR) is 130 cm³/mol. The summed E-state index contributed by atoms with van der Waals surface area (Å²) >= 11 is 3.60. The summed E-state index contributed by atoms with van der Waals surface area (Å²) in [6.45, 7) is 17.6. The second kappa shape index (κ2) is 14.1. The minimum Gasteiger partial charge on any atom is -1.00 e. The normalized spacial score (nSPS) is 14.5. The Bertz CT molecular complexity index is 1070. The zero-order valence-electron chi connectivity index (χ0n) is 19.8. The molecule has 1 unspecified atom stereocenters. The molecule has 0 spiro atoms. The molecule has 5 heteroatoms. The smallest absolute Gasteiger partial charge is 0.0250 e. The molecule has 0 radical (unpaired) electrons. The Labute approximate surface area is 220 Å². The van der Waals surface area contributed by atoms with Crippen LogP contribution in [0.2, 0.25) is 13.1 Å². The molecular weight excluding hydrogens is 535 g/mol. The Balaban J connectivity index is 0.000000516. The average molecular weight is 567 g/mol. The molecule has 31 heavy (non-hydrogen) atoms. The van der Waals surface area contributed by atoms with E-state index in [0.29, 0.717) is 5.92 Å². The minimum atomic E-state index is 0. The maximum atomic E-state index is 3.36. The van der Waals surface area contributed by atoms with Crippen LogP contribution in [0.5, 0.6) is 0 Å². The Kier molecular flexibility index (Phi) is 13.9. The first-order valence-corrected chi connectivity index (χ1v) is 17.1. The van der Waals surface area contributed by atoms with Gasteiger partial charge in [0.25, 0.3) is 0 Å². The van der Waals surface area contributed by atoms with Crippen LogP contribution in [0.4, 0.5) is 0 Å². The van der Waals surface area contributed by atoms with Crippen molar-refractivity contribution in [3.05, 3.63) is 75.7 Å². The minimum absolute atomic E-state index is 0. The van der Waals surface area contributed by atoms with Crippen LogP contribution >= 0.6 is 11.3 Å². The molecule has 166 valence electrons. The summed E-state index contributed by atoms with van der Waals surface area (Å²) < 4.78 is 0. The molecule has 0 fully saturated rings. The second-order valence-electron chi connectivity index (χ2n) is 8.05. The Morgan fingerprint density at radius 1 is 1.00 bits per heavy atom. The van der Waals surface area contributed by atoms with Crippen LogP contribution in [-0.2, 0) is 23.3 Å². The van der Waals surface area contributed by atoms with Crippen molar-refractivity contribution in [3.8, 4) is 10.4 Å². The fraction of sp³-hybridized carbons (Fsp3) is 0.346. The van der Waals surface area contributed by atoms with Crippen LogP contribution in [0.3, 0.4) is 0 Å². The number of allylic oxidation sites excluding steroid dienone is 4. The van der Waals surface area contributed by atoms with Crippen LogP contribution in [0.15, 0.2) is 59.2 Å². The zero-order chi connectivity index (χ0) is 21.7. The summed E-state index contributed by atoms with van der Waals surface area (Å²) in [6, 6.07) is 15.5. The van der Waals surface area contributed by atoms with Gasteiger partial charge in [0.05, 0.1) is 0 Å². The molecule has 0 N–H and O–H groups in total. The van der Waals surface area contributed by atoms with E-state index in [1.807, 2.05) is 11.3 Å². The first kappa shape index (κ1) is 30.7. The maximum absolute atomic E-state index is 3.36. The molecule has 0 amide bonds. The molecule has 3 aromatic rings. The number of aryl methyl sites for hydroxylation is 2. The van der Waals surface area contributed by atoms with Gasteiger partial charge in [-0.15, -0.1) is 52.8 Å². The molecule has 0 saturated heterocycles. The number of benzene rings is 1. The Morgan fingerprint density at radius 3 is 2.03 bits per heavy atom.